The molecule has 29 heavy (non-hydrogen) atoms. The monoisotopic (exact) mass is 433 g/mol. The number of hydrogen-bond acceptors (Lipinski definition) is 6. The maximum atomic E-state index is 12.5. The van der Waals surface area contributed by atoms with Gasteiger partial charge in [-0.05, 0) is 42.5 Å². The fraction of sp³-hybridized carbons (Fsp3) is 0.250. The van der Waals surface area contributed by atoms with Gasteiger partial charge in [0.15, 0.2) is 5.11 Å². The highest BCUT2D eigenvalue weighted by Crippen LogP contribution is 2.28. The van der Waals surface area contributed by atoms with Crippen molar-refractivity contribution in [3.8, 4) is 0 Å². The molecule has 0 saturated carbocycles. The highest BCUT2D eigenvalue weighted by molar-refractivity contribution is 7.80. The number of esters is 1. The Morgan fingerprint density at radius 1 is 1.17 bits per heavy atom. The summed E-state index contributed by atoms with van der Waals surface area (Å²) < 4.78 is 10.2. The fourth-order valence-electron chi connectivity index (χ4n) is 2.93. The lowest BCUT2D eigenvalue weighted by Gasteiger charge is -2.31. The first-order chi connectivity index (χ1) is 14.0. The van der Waals surface area contributed by atoms with Gasteiger partial charge in [0.25, 0.3) is 5.91 Å². The van der Waals surface area contributed by atoms with Crippen molar-refractivity contribution in [1.29, 1.82) is 0 Å². The molecule has 2 aromatic carbocycles. The van der Waals surface area contributed by atoms with Gasteiger partial charge >= 0.3 is 5.97 Å². The van der Waals surface area contributed by atoms with Gasteiger partial charge in [0.1, 0.15) is 0 Å². The SMILES string of the molecule is COC(=O)c1ccc(N2CCOCC2)c(NC(=S)NC(=O)c2ccccc2Cl)c1. The zero-order valence-corrected chi connectivity index (χ0v) is 17.3. The van der Waals surface area contributed by atoms with Gasteiger partial charge in [0, 0.05) is 13.1 Å². The van der Waals surface area contributed by atoms with E-state index in [4.69, 9.17) is 33.3 Å². The van der Waals surface area contributed by atoms with Crippen LogP contribution in [0, 0.1) is 0 Å². The summed E-state index contributed by atoms with van der Waals surface area (Å²) in [6.07, 6.45) is 0. The molecular formula is C20H20ClN3O4S. The molecule has 0 atom stereocenters. The second kappa shape index (κ2) is 9.69. The van der Waals surface area contributed by atoms with E-state index in [0.717, 1.165) is 5.69 Å². The zero-order valence-electron chi connectivity index (χ0n) is 15.7. The largest absolute Gasteiger partial charge is 0.465 e. The molecule has 1 saturated heterocycles. The van der Waals surface area contributed by atoms with Crippen LogP contribution < -0.4 is 15.5 Å². The molecule has 1 heterocycles. The van der Waals surface area contributed by atoms with Crippen molar-refractivity contribution in [1.82, 2.24) is 5.32 Å². The topological polar surface area (TPSA) is 79.9 Å². The average molecular weight is 434 g/mol. The number of hydrogen-bond donors (Lipinski definition) is 2. The minimum atomic E-state index is -0.465. The highest BCUT2D eigenvalue weighted by atomic mass is 35.5. The third kappa shape index (κ3) is 5.23. The summed E-state index contributed by atoms with van der Waals surface area (Å²) in [6.45, 7) is 2.60. The Morgan fingerprint density at radius 2 is 1.90 bits per heavy atom. The summed E-state index contributed by atoms with van der Waals surface area (Å²) in [5.74, 6) is -0.891. The second-order valence-corrected chi connectivity index (χ2v) is 7.03. The number of carbonyl (C=O) groups is 2. The summed E-state index contributed by atoms with van der Waals surface area (Å²) >= 11 is 11.4. The van der Waals surface area contributed by atoms with E-state index in [9.17, 15) is 9.59 Å². The summed E-state index contributed by atoms with van der Waals surface area (Å²) in [5, 5.41) is 6.05. The van der Waals surface area contributed by atoms with Gasteiger partial charge in [0.2, 0.25) is 0 Å². The van der Waals surface area contributed by atoms with Crippen molar-refractivity contribution in [3.05, 3.63) is 58.6 Å². The van der Waals surface area contributed by atoms with Crippen LogP contribution in [0.4, 0.5) is 11.4 Å². The van der Waals surface area contributed by atoms with E-state index in [-0.39, 0.29) is 5.11 Å². The lowest BCUT2D eigenvalue weighted by Crippen LogP contribution is -2.38. The maximum absolute atomic E-state index is 12.5. The van der Waals surface area contributed by atoms with E-state index >= 15 is 0 Å². The Hall–Kier alpha value is -2.68. The third-order valence-corrected chi connectivity index (χ3v) is 4.90. The molecule has 3 rings (SSSR count). The molecule has 1 aliphatic heterocycles. The van der Waals surface area contributed by atoms with E-state index in [1.807, 2.05) is 6.07 Å². The number of carbonyl (C=O) groups excluding carboxylic acids is 2. The van der Waals surface area contributed by atoms with Crippen LogP contribution in [-0.2, 0) is 9.47 Å². The van der Waals surface area contributed by atoms with Crippen molar-refractivity contribution < 1.29 is 19.1 Å². The first kappa shape index (κ1) is 21.0. The molecule has 1 fully saturated rings. The van der Waals surface area contributed by atoms with E-state index in [0.29, 0.717) is 48.1 Å². The van der Waals surface area contributed by atoms with Gasteiger partial charge in [-0.1, -0.05) is 23.7 Å². The van der Waals surface area contributed by atoms with E-state index < -0.39 is 11.9 Å². The number of anilines is 2. The van der Waals surface area contributed by atoms with Gasteiger partial charge in [-0.2, -0.15) is 0 Å². The minimum absolute atomic E-state index is 0.0893. The van der Waals surface area contributed by atoms with Crippen LogP contribution >= 0.6 is 23.8 Å². The Balaban J connectivity index is 1.81. The van der Waals surface area contributed by atoms with Crippen LogP contribution in [0.3, 0.4) is 0 Å². The molecule has 2 aromatic rings. The number of methoxy groups -OCH3 is 1. The Morgan fingerprint density at radius 3 is 2.59 bits per heavy atom. The van der Waals surface area contributed by atoms with E-state index in [1.54, 1.807) is 36.4 Å². The van der Waals surface area contributed by atoms with E-state index in [2.05, 4.69) is 15.5 Å². The molecule has 0 radical (unpaired) electrons. The van der Waals surface area contributed by atoms with Crippen LogP contribution in [0.2, 0.25) is 5.02 Å². The molecule has 0 unspecified atom stereocenters. The summed E-state index contributed by atoms with van der Waals surface area (Å²) in [6, 6.07) is 11.8. The number of benzene rings is 2. The van der Waals surface area contributed by atoms with Crippen molar-refractivity contribution in [2.45, 2.75) is 0 Å². The lowest BCUT2D eigenvalue weighted by atomic mass is 10.1. The Labute approximate surface area is 178 Å². The predicted molar refractivity (Wildman–Crippen MR) is 116 cm³/mol. The normalized spacial score (nSPS) is 13.5. The smallest absolute Gasteiger partial charge is 0.337 e. The first-order valence-electron chi connectivity index (χ1n) is 8.91. The molecule has 9 heteroatoms. The van der Waals surface area contributed by atoms with Crippen molar-refractivity contribution >= 4 is 52.2 Å². The van der Waals surface area contributed by atoms with Crippen LogP contribution in [0.15, 0.2) is 42.5 Å². The predicted octanol–water partition coefficient (Wildman–Crippen LogP) is 3.09. The highest BCUT2D eigenvalue weighted by Gasteiger charge is 2.19. The number of amides is 1. The number of rotatable bonds is 4. The van der Waals surface area contributed by atoms with Gasteiger partial charge in [0.05, 0.1) is 47.8 Å². The maximum Gasteiger partial charge on any atom is 0.337 e. The second-order valence-electron chi connectivity index (χ2n) is 6.21. The quantitative estimate of drug-likeness (QED) is 0.566. The molecule has 0 bridgehead atoms. The van der Waals surface area contributed by atoms with Crippen LogP contribution in [0.25, 0.3) is 0 Å². The summed E-state index contributed by atoms with van der Waals surface area (Å²) in [7, 11) is 1.32. The average Bonchev–Trinajstić information content (AvgIpc) is 2.74. The molecule has 0 spiro atoms. The van der Waals surface area contributed by atoms with Gasteiger partial charge in [-0.15, -0.1) is 0 Å². The van der Waals surface area contributed by atoms with Crippen LogP contribution in [0.5, 0.6) is 0 Å². The molecule has 1 amide bonds. The summed E-state index contributed by atoms with van der Waals surface area (Å²) in [5.41, 5.74) is 2.11. The molecule has 1 aliphatic rings. The molecule has 2 N–H and O–H groups in total. The van der Waals surface area contributed by atoms with Crippen molar-refractivity contribution in [2.75, 3.05) is 43.6 Å². The number of halogens is 1. The van der Waals surface area contributed by atoms with Gasteiger partial charge in [-0.3, -0.25) is 10.1 Å². The number of nitrogens with one attached hydrogen (secondary N) is 2. The minimum Gasteiger partial charge on any atom is -0.465 e. The van der Waals surface area contributed by atoms with Crippen molar-refractivity contribution in [3.63, 3.8) is 0 Å². The van der Waals surface area contributed by atoms with Crippen LogP contribution in [0.1, 0.15) is 20.7 Å². The van der Waals surface area contributed by atoms with Crippen molar-refractivity contribution in [2.24, 2.45) is 0 Å². The van der Waals surface area contributed by atoms with E-state index in [1.165, 1.54) is 7.11 Å². The first-order valence-corrected chi connectivity index (χ1v) is 9.70. The molecular weight excluding hydrogens is 414 g/mol. The molecule has 7 nitrogen and oxygen atoms in total. The van der Waals surface area contributed by atoms with Gasteiger partial charge in [-0.25, -0.2) is 4.79 Å². The number of morpholine rings is 1. The number of nitrogens with zero attached hydrogens (tertiary/aromatic N) is 1. The lowest BCUT2D eigenvalue weighted by molar-refractivity contribution is 0.0600. The molecule has 0 aliphatic carbocycles. The Bertz CT molecular complexity index is 932. The molecule has 0 aromatic heterocycles. The standard InChI is InChI=1S/C20H20ClN3O4S/c1-27-19(26)13-6-7-17(24-8-10-28-11-9-24)16(12-13)22-20(29)23-18(25)14-4-2-3-5-15(14)21/h2-7,12H,8-11H2,1H3,(H2,22,23,25,29). The summed E-state index contributed by atoms with van der Waals surface area (Å²) in [4.78, 5) is 26.5. The Kier molecular flexibility index (Phi) is 7.03. The third-order valence-electron chi connectivity index (χ3n) is 4.36. The van der Waals surface area contributed by atoms with Crippen LogP contribution in [-0.4, -0.2) is 50.4 Å². The number of ether oxygens (including phenoxy) is 2. The number of thiocarbonyl (C=S) groups is 1. The van der Waals surface area contributed by atoms with Gasteiger partial charge < -0.3 is 19.7 Å². The zero-order chi connectivity index (χ0) is 20.8. The fourth-order valence-corrected chi connectivity index (χ4v) is 3.35. The molecule has 152 valence electrons.